The van der Waals surface area contributed by atoms with Crippen LogP contribution >= 0.6 is 0 Å². The van der Waals surface area contributed by atoms with Crippen LogP contribution in [0.5, 0.6) is 6.01 Å². The second-order valence-electron chi connectivity index (χ2n) is 11.6. The first-order valence-electron chi connectivity index (χ1n) is 16.2. The summed E-state index contributed by atoms with van der Waals surface area (Å²) in [6.45, 7) is 3.51. The van der Waals surface area contributed by atoms with Crippen molar-refractivity contribution in [2.45, 2.75) is 63.8 Å². The molecule has 0 saturated carbocycles. The number of ether oxygens (including phenoxy) is 2. The van der Waals surface area contributed by atoms with E-state index in [9.17, 15) is 18.0 Å². The number of methoxy groups -OCH3 is 1. The number of amides is 2. The first-order valence-corrected chi connectivity index (χ1v) is 16.2. The Morgan fingerprint density at radius 1 is 0.980 bits per heavy atom. The minimum absolute atomic E-state index is 0.106. The van der Waals surface area contributed by atoms with Gasteiger partial charge in [0.2, 0.25) is 5.95 Å². The van der Waals surface area contributed by atoms with E-state index in [1.54, 1.807) is 23.5 Å². The Kier molecular flexibility index (Phi) is 12.1. The highest BCUT2D eigenvalue weighted by Crippen LogP contribution is 2.34. The molecule has 0 radical (unpaired) electrons. The van der Waals surface area contributed by atoms with Crippen molar-refractivity contribution in [1.82, 2.24) is 30.2 Å². The van der Waals surface area contributed by atoms with E-state index < -0.39 is 11.7 Å². The van der Waals surface area contributed by atoms with Crippen molar-refractivity contribution in [2.24, 2.45) is 0 Å². The van der Waals surface area contributed by atoms with Crippen molar-refractivity contribution in [3.63, 3.8) is 0 Å². The van der Waals surface area contributed by atoms with Crippen LogP contribution in [0.4, 0.5) is 35.5 Å². The summed E-state index contributed by atoms with van der Waals surface area (Å²) in [6.07, 6.45) is 4.85. The van der Waals surface area contributed by atoms with E-state index in [1.165, 1.54) is 7.11 Å². The fourth-order valence-corrected chi connectivity index (χ4v) is 5.32. The maximum absolute atomic E-state index is 13.8. The van der Waals surface area contributed by atoms with Crippen LogP contribution < -0.4 is 25.6 Å². The summed E-state index contributed by atoms with van der Waals surface area (Å²) in [5.74, 6) is 0.348. The normalized spacial score (nSPS) is 13.7. The lowest BCUT2D eigenvalue weighted by Gasteiger charge is -2.31. The molecule has 260 valence electrons. The molecule has 3 aromatic heterocycles. The van der Waals surface area contributed by atoms with Crippen molar-refractivity contribution >= 4 is 23.6 Å². The smallest absolute Gasteiger partial charge is 0.421 e. The SMILES string of the molecule is CCC[C@@H](CCCCNc1ncc(C(F)(F)F)c(NC2COC2)n1)N(C(=O)NCc1ccccc1)c1ccc(-c2cnc(OC)nc2)cn1. The van der Waals surface area contributed by atoms with Gasteiger partial charge in [-0.1, -0.05) is 43.7 Å². The van der Waals surface area contributed by atoms with E-state index in [1.807, 2.05) is 42.5 Å². The van der Waals surface area contributed by atoms with Gasteiger partial charge in [0, 0.05) is 55.0 Å². The molecular formula is C34H40F3N9O3. The number of aromatic nitrogens is 5. The van der Waals surface area contributed by atoms with Gasteiger partial charge in [-0.2, -0.15) is 18.2 Å². The molecule has 1 aliphatic heterocycles. The average molecular weight is 680 g/mol. The van der Waals surface area contributed by atoms with E-state index in [0.717, 1.165) is 42.1 Å². The van der Waals surface area contributed by atoms with Crippen molar-refractivity contribution in [1.29, 1.82) is 0 Å². The van der Waals surface area contributed by atoms with Crippen molar-refractivity contribution in [3.8, 4) is 17.1 Å². The first kappa shape index (κ1) is 35.3. The van der Waals surface area contributed by atoms with Gasteiger partial charge in [-0.05, 0) is 43.4 Å². The molecule has 1 atom stereocenters. The maximum atomic E-state index is 13.8. The summed E-state index contributed by atoms with van der Waals surface area (Å²) < 4.78 is 50.7. The third-order valence-electron chi connectivity index (χ3n) is 7.95. The quantitative estimate of drug-likeness (QED) is 0.115. The van der Waals surface area contributed by atoms with Crippen LogP contribution in [0.15, 0.2) is 67.3 Å². The number of benzene rings is 1. The fourth-order valence-electron chi connectivity index (χ4n) is 5.32. The Balaban J connectivity index is 1.25. The summed E-state index contributed by atoms with van der Waals surface area (Å²) in [4.78, 5) is 36.5. The van der Waals surface area contributed by atoms with Gasteiger partial charge in [0.15, 0.2) is 0 Å². The molecule has 4 aromatic rings. The number of nitrogens with one attached hydrogen (secondary N) is 3. The number of unbranched alkanes of at least 4 members (excludes halogenated alkanes) is 1. The van der Waals surface area contributed by atoms with Gasteiger partial charge >= 0.3 is 18.2 Å². The molecule has 15 heteroatoms. The summed E-state index contributed by atoms with van der Waals surface area (Å²) in [6, 6.07) is 13.0. The molecule has 1 fully saturated rings. The molecule has 49 heavy (non-hydrogen) atoms. The van der Waals surface area contributed by atoms with Crippen LogP contribution in [0.2, 0.25) is 0 Å². The van der Waals surface area contributed by atoms with Gasteiger partial charge in [-0.15, -0.1) is 0 Å². The number of carbonyl (C=O) groups excluding carboxylic acids is 1. The number of urea groups is 1. The topological polar surface area (TPSA) is 139 Å². The van der Waals surface area contributed by atoms with E-state index in [2.05, 4.69) is 47.8 Å². The van der Waals surface area contributed by atoms with Crippen molar-refractivity contribution in [3.05, 3.63) is 78.4 Å². The predicted molar refractivity (Wildman–Crippen MR) is 179 cm³/mol. The van der Waals surface area contributed by atoms with Gasteiger partial charge in [0.1, 0.15) is 17.2 Å². The minimum atomic E-state index is -4.59. The Labute approximate surface area is 282 Å². The third kappa shape index (κ3) is 9.75. The number of hydrogen-bond acceptors (Lipinski definition) is 10. The molecule has 0 unspecified atom stereocenters. The highest BCUT2D eigenvalue weighted by molar-refractivity contribution is 5.91. The zero-order valence-corrected chi connectivity index (χ0v) is 27.4. The average Bonchev–Trinajstić information content (AvgIpc) is 3.09. The van der Waals surface area contributed by atoms with Crippen LogP contribution in [0.25, 0.3) is 11.1 Å². The lowest BCUT2D eigenvalue weighted by molar-refractivity contribution is -0.137. The second-order valence-corrected chi connectivity index (χ2v) is 11.6. The molecule has 3 N–H and O–H groups in total. The number of nitrogens with zero attached hydrogens (tertiary/aromatic N) is 6. The number of halogens is 3. The first-order chi connectivity index (χ1) is 23.7. The Morgan fingerprint density at radius 3 is 2.37 bits per heavy atom. The number of anilines is 3. The predicted octanol–water partition coefficient (Wildman–Crippen LogP) is 6.33. The lowest BCUT2D eigenvalue weighted by atomic mass is 10.0. The standard InChI is InChI=1S/C34H40F3N9O3/c1-3-9-27(12-7-8-15-38-31-40-20-28(34(35,36)37)30(45-31)44-26-21-49-22-26)46(33(47)43-16-23-10-5-4-6-11-23)29-14-13-24(17-39-29)25-18-41-32(48-2)42-19-25/h4-6,10-11,13-14,17-20,26-27H,3,7-9,12,15-16,21-22H2,1-2H3,(H,43,47)(H2,38,40,44,45)/t27-/m0/s1. The zero-order valence-electron chi connectivity index (χ0n) is 27.4. The number of hydrogen-bond donors (Lipinski definition) is 3. The third-order valence-corrected chi connectivity index (χ3v) is 7.95. The highest BCUT2D eigenvalue weighted by Gasteiger charge is 2.36. The zero-order chi connectivity index (χ0) is 34.6. The second kappa shape index (κ2) is 16.9. The van der Waals surface area contributed by atoms with Crippen LogP contribution in [0.1, 0.15) is 50.2 Å². The molecule has 1 aromatic carbocycles. The van der Waals surface area contributed by atoms with Crippen LogP contribution in [-0.2, 0) is 17.5 Å². The molecule has 1 saturated heterocycles. The molecule has 1 aliphatic rings. The molecule has 0 spiro atoms. The minimum Gasteiger partial charge on any atom is -0.467 e. The molecule has 5 rings (SSSR count). The van der Waals surface area contributed by atoms with Gasteiger partial charge in [0.25, 0.3) is 0 Å². The van der Waals surface area contributed by atoms with Crippen LogP contribution in [0.3, 0.4) is 0 Å². The summed E-state index contributed by atoms with van der Waals surface area (Å²) in [7, 11) is 1.50. The van der Waals surface area contributed by atoms with E-state index in [4.69, 9.17) is 9.47 Å². The van der Waals surface area contributed by atoms with Gasteiger partial charge in [-0.3, -0.25) is 4.90 Å². The van der Waals surface area contributed by atoms with Crippen molar-refractivity contribution < 1.29 is 27.4 Å². The lowest BCUT2D eigenvalue weighted by Crippen LogP contribution is -2.46. The Bertz CT molecular complexity index is 1620. The Hall–Kier alpha value is -5.05. The summed E-state index contributed by atoms with van der Waals surface area (Å²) in [5.41, 5.74) is 1.60. The summed E-state index contributed by atoms with van der Waals surface area (Å²) in [5, 5.41) is 8.90. The number of rotatable bonds is 16. The van der Waals surface area contributed by atoms with E-state index in [-0.39, 0.29) is 35.9 Å². The van der Waals surface area contributed by atoms with Gasteiger partial charge in [-0.25, -0.2) is 24.7 Å². The molecule has 12 nitrogen and oxygen atoms in total. The maximum Gasteiger partial charge on any atom is 0.421 e. The molecule has 0 bridgehead atoms. The van der Waals surface area contributed by atoms with Gasteiger partial charge < -0.3 is 25.4 Å². The highest BCUT2D eigenvalue weighted by atomic mass is 19.4. The molecule has 4 heterocycles. The number of pyridine rings is 1. The van der Waals surface area contributed by atoms with Crippen LogP contribution in [-0.4, -0.2) is 69.9 Å². The monoisotopic (exact) mass is 679 g/mol. The number of alkyl halides is 3. The Morgan fingerprint density at radius 2 is 1.73 bits per heavy atom. The van der Waals surface area contributed by atoms with E-state index in [0.29, 0.717) is 45.0 Å². The molecular weight excluding hydrogens is 639 g/mol. The summed E-state index contributed by atoms with van der Waals surface area (Å²) >= 11 is 0. The van der Waals surface area contributed by atoms with Crippen molar-refractivity contribution in [2.75, 3.05) is 42.4 Å². The van der Waals surface area contributed by atoms with Gasteiger partial charge in [0.05, 0.1) is 26.4 Å². The molecule has 2 amide bonds. The van der Waals surface area contributed by atoms with E-state index >= 15 is 0 Å². The fraction of sp³-hybridized carbons (Fsp3) is 0.412. The molecule has 0 aliphatic carbocycles. The van der Waals surface area contributed by atoms with Crippen LogP contribution in [0, 0.1) is 0 Å². The number of carbonyl (C=O) groups is 1. The largest absolute Gasteiger partial charge is 0.467 e.